The average molecular weight is 188 g/mol. The van der Waals surface area contributed by atoms with Gasteiger partial charge in [-0.1, -0.05) is 0 Å². The summed E-state index contributed by atoms with van der Waals surface area (Å²) in [6.45, 7) is 0. The van der Waals surface area contributed by atoms with Gasteiger partial charge in [-0.2, -0.15) is 0 Å². The molecular formula is CH3CoMnNi. The van der Waals surface area contributed by atoms with Gasteiger partial charge in [0.2, 0.25) is 0 Å². The molecule has 33 valence electrons. The molecule has 0 bridgehead atoms. The quantitative estimate of drug-likeness (QED) is 0.487. The fourth-order valence-corrected chi connectivity index (χ4v) is 0. The molecule has 0 saturated carbocycles. The Morgan fingerprint density at radius 2 is 1.25 bits per heavy atom. The van der Waals surface area contributed by atoms with Crippen LogP contribution in [0.15, 0.2) is 0 Å². The molecule has 0 nitrogen and oxygen atoms in total. The van der Waals surface area contributed by atoms with Gasteiger partial charge in [-0.15, -0.1) is 0 Å². The molecule has 0 unspecified atom stereocenters. The molecule has 0 aliphatic heterocycles. The maximum absolute atomic E-state index is 3.56. The second-order valence-electron chi connectivity index (χ2n) is 0. The minimum absolute atomic E-state index is 0. The summed E-state index contributed by atoms with van der Waals surface area (Å²) in [7, 11) is 0. The van der Waals surface area contributed by atoms with Crippen molar-refractivity contribution in [1.82, 2.24) is 0 Å². The van der Waals surface area contributed by atoms with Gasteiger partial charge >= 0.3 is 21.6 Å². The van der Waals surface area contributed by atoms with E-state index in [2.05, 4.69) is 15.7 Å². The van der Waals surface area contributed by atoms with Crippen LogP contribution in [0.4, 0.5) is 0 Å². The normalized spacial score (nSPS) is 1.75. The Morgan fingerprint density at radius 3 is 1.25 bits per heavy atom. The molecule has 0 aromatic carbocycles. The van der Waals surface area contributed by atoms with Crippen LogP contribution in [0.2, 0.25) is 5.86 Å². The van der Waals surface area contributed by atoms with Crippen molar-refractivity contribution in [3.05, 3.63) is 0 Å². The summed E-state index contributed by atoms with van der Waals surface area (Å²) in [4.78, 5) is 0. The fraction of sp³-hybridized carbons (Fsp3) is 1.00. The van der Waals surface area contributed by atoms with Crippen LogP contribution >= 0.6 is 0 Å². The van der Waals surface area contributed by atoms with Crippen molar-refractivity contribution >= 4 is 0 Å². The Balaban J connectivity index is -0.00000000500. The molecule has 0 aromatic rings. The molecule has 0 aromatic heterocycles. The van der Waals surface area contributed by atoms with Crippen molar-refractivity contribution in [2.24, 2.45) is 0 Å². The SMILES string of the molecule is [CH3][Co].[Mn].[Ni]. The van der Waals surface area contributed by atoms with E-state index in [-0.39, 0.29) is 33.6 Å². The Labute approximate surface area is 55.1 Å². The van der Waals surface area contributed by atoms with E-state index in [4.69, 9.17) is 0 Å². The maximum Gasteiger partial charge on any atom is 0 e. The zero-order chi connectivity index (χ0) is 2.00. The third-order valence-electron chi connectivity index (χ3n) is 0. The van der Waals surface area contributed by atoms with Crippen LogP contribution in [-0.4, -0.2) is 0 Å². The number of rotatable bonds is 0. The van der Waals surface area contributed by atoms with Gasteiger partial charge in [0.25, 0.3) is 0 Å². The molecule has 4 heavy (non-hydrogen) atoms. The Kier molecular flexibility index (Phi) is 108. The molecule has 3 heteroatoms. The summed E-state index contributed by atoms with van der Waals surface area (Å²) in [6.07, 6.45) is 0. The third kappa shape index (κ3) is 9.68. The Bertz CT molecular complexity index is 8.00. The predicted molar refractivity (Wildman–Crippen MR) is 5.86 cm³/mol. The van der Waals surface area contributed by atoms with E-state index < -0.39 is 0 Å². The minimum Gasteiger partial charge on any atom is 0 e. The molecule has 0 saturated heterocycles. The van der Waals surface area contributed by atoms with Gasteiger partial charge in [0.1, 0.15) is 0 Å². The van der Waals surface area contributed by atoms with Crippen molar-refractivity contribution in [2.45, 2.75) is 5.86 Å². The van der Waals surface area contributed by atoms with Gasteiger partial charge in [-0.25, -0.2) is 0 Å². The van der Waals surface area contributed by atoms with Gasteiger partial charge in [0.15, 0.2) is 0 Å². The second kappa shape index (κ2) is 24.2. The summed E-state index contributed by atoms with van der Waals surface area (Å²) in [6, 6.07) is 0. The van der Waals surface area contributed by atoms with Crippen LogP contribution in [0.5, 0.6) is 0 Å². The first-order valence-electron chi connectivity index (χ1n) is 0.333. The number of hydrogen-bond donors (Lipinski definition) is 0. The predicted octanol–water partition coefficient (Wildman–Crippen LogP) is 0.576. The smallest absolute Gasteiger partial charge is 0 e. The average Bonchev–Trinajstić information content (AvgIpc) is 1.00. The van der Waals surface area contributed by atoms with E-state index >= 15 is 0 Å². The van der Waals surface area contributed by atoms with Crippen molar-refractivity contribution in [2.75, 3.05) is 0 Å². The molecule has 0 aliphatic carbocycles. The van der Waals surface area contributed by atoms with Crippen molar-refractivity contribution in [3.8, 4) is 0 Å². The van der Waals surface area contributed by atoms with E-state index in [1.54, 1.807) is 5.86 Å². The number of hydrogen-bond acceptors (Lipinski definition) is 0. The van der Waals surface area contributed by atoms with Gasteiger partial charge in [0.05, 0.1) is 0 Å². The largest absolute Gasteiger partial charge is 0 e. The van der Waals surface area contributed by atoms with Crippen LogP contribution in [0.1, 0.15) is 0 Å². The van der Waals surface area contributed by atoms with Crippen LogP contribution in [0.25, 0.3) is 0 Å². The first-order valence-corrected chi connectivity index (χ1v) is 1.37. The molecule has 0 amide bonds. The van der Waals surface area contributed by atoms with Crippen LogP contribution < -0.4 is 0 Å². The topological polar surface area (TPSA) is 0 Å². The minimum atomic E-state index is 0. The monoisotopic (exact) mass is 187 g/mol. The van der Waals surface area contributed by atoms with Crippen molar-refractivity contribution in [1.29, 1.82) is 0 Å². The summed E-state index contributed by atoms with van der Waals surface area (Å²) < 4.78 is 0. The van der Waals surface area contributed by atoms with Crippen LogP contribution in [0, 0.1) is 0 Å². The first kappa shape index (κ1) is 17.8. The summed E-state index contributed by atoms with van der Waals surface area (Å²) >= 11 is 3.56. The zero-order valence-corrected chi connectivity index (χ0v) is 5.24. The van der Waals surface area contributed by atoms with E-state index in [1.807, 2.05) is 0 Å². The summed E-state index contributed by atoms with van der Waals surface area (Å²) in [5.41, 5.74) is 0. The van der Waals surface area contributed by atoms with Gasteiger partial charge in [0, 0.05) is 33.6 Å². The molecule has 1 radical (unpaired) electrons. The molecule has 0 rings (SSSR count). The van der Waals surface area contributed by atoms with E-state index in [0.717, 1.165) is 0 Å². The molecule has 0 spiro atoms. The molecule has 0 heterocycles. The fourth-order valence-electron chi connectivity index (χ4n) is 0. The zero-order valence-electron chi connectivity index (χ0n) is 2.03. The van der Waals surface area contributed by atoms with Gasteiger partial charge in [-0.3, -0.25) is 0 Å². The first-order chi connectivity index (χ1) is 1.00. The maximum atomic E-state index is 3.56. The molecule has 0 aliphatic rings. The molecule has 0 N–H and O–H groups in total. The standard InChI is InChI=1S/CH3.Co.Mn.Ni/h1H3;;;. The summed E-state index contributed by atoms with van der Waals surface area (Å²) in [5, 5.41) is 0. The molecule has 0 fully saturated rings. The van der Waals surface area contributed by atoms with Gasteiger partial charge < -0.3 is 0 Å². The van der Waals surface area contributed by atoms with E-state index in [1.165, 1.54) is 0 Å². The van der Waals surface area contributed by atoms with Gasteiger partial charge in [-0.05, 0) is 0 Å². The second-order valence-corrected chi connectivity index (χ2v) is 0. The Hall–Kier alpha value is 1.52. The molecule has 0 atom stereocenters. The summed E-state index contributed by atoms with van der Waals surface area (Å²) in [5.74, 6) is 1.69. The Morgan fingerprint density at radius 1 is 1.25 bits per heavy atom. The molecular weight excluding hydrogens is 185 g/mol. The van der Waals surface area contributed by atoms with Crippen molar-refractivity contribution in [3.63, 3.8) is 0 Å². The van der Waals surface area contributed by atoms with E-state index in [0.29, 0.717) is 0 Å². The van der Waals surface area contributed by atoms with Crippen molar-refractivity contribution < 1.29 is 49.3 Å². The van der Waals surface area contributed by atoms with Crippen LogP contribution in [-0.2, 0) is 49.3 Å². The third-order valence-corrected chi connectivity index (χ3v) is 0. The van der Waals surface area contributed by atoms with E-state index in [9.17, 15) is 0 Å². The van der Waals surface area contributed by atoms with Crippen LogP contribution in [0.3, 0.4) is 0 Å².